The lowest BCUT2D eigenvalue weighted by atomic mass is 10.0. The quantitative estimate of drug-likeness (QED) is 0.772. The van der Waals surface area contributed by atoms with E-state index in [0.29, 0.717) is 12.2 Å². The minimum atomic E-state index is -0.368. The summed E-state index contributed by atoms with van der Waals surface area (Å²) in [7, 11) is 0. The summed E-state index contributed by atoms with van der Waals surface area (Å²) in [5, 5.41) is 2.85. The van der Waals surface area contributed by atoms with E-state index < -0.39 is 0 Å². The van der Waals surface area contributed by atoms with Crippen LogP contribution in [0, 0.1) is 0 Å². The van der Waals surface area contributed by atoms with Crippen molar-refractivity contribution in [2.24, 2.45) is 0 Å². The second-order valence-electron chi connectivity index (χ2n) is 6.23. The Morgan fingerprint density at radius 3 is 2.73 bits per heavy atom. The number of carbonyl (C=O) groups is 1. The first-order valence-corrected chi connectivity index (χ1v) is 9.46. The lowest BCUT2D eigenvalue weighted by molar-refractivity contribution is 0.0609. The first kappa shape index (κ1) is 16.7. The van der Waals surface area contributed by atoms with Crippen molar-refractivity contribution in [3.05, 3.63) is 69.2 Å². The fraction of sp³-hybridized carbons (Fsp3) is 0.263. The molecule has 4 rings (SSSR count). The predicted octanol–water partition coefficient (Wildman–Crippen LogP) is 3.26. The highest BCUT2D eigenvalue weighted by Gasteiger charge is 2.31. The van der Waals surface area contributed by atoms with Gasteiger partial charge in [-0.05, 0) is 43.5 Å². The Kier molecular flexibility index (Phi) is 4.62. The van der Waals surface area contributed by atoms with Gasteiger partial charge in [0.1, 0.15) is 10.6 Å². The zero-order valence-electron chi connectivity index (χ0n) is 14.1. The molecule has 7 heteroatoms. The number of rotatable bonds is 3. The molecule has 26 heavy (non-hydrogen) atoms. The minimum Gasteiger partial charge on any atom is -0.329 e. The van der Waals surface area contributed by atoms with Crippen LogP contribution in [0.25, 0.3) is 11.3 Å². The van der Waals surface area contributed by atoms with Gasteiger partial charge in [0, 0.05) is 41.8 Å². The highest BCUT2D eigenvalue weighted by Crippen LogP contribution is 2.32. The Morgan fingerprint density at radius 2 is 2.00 bits per heavy atom. The normalized spacial score (nSPS) is 17.2. The van der Waals surface area contributed by atoms with Crippen LogP contribution in [0.3, 0.4) is 0 Å². The van der Waals surface area contributed by atoms with E-state index in [2.05, 4.69) is 15.0 Å². The van der Waals surface area contributed by atoms with Gasteiger partial charge in [0.05, 0.1) is 6.04 Å². The van der Waals surface area contributed by atoms with Gasteiger partial charge in [0.15, 0.2) is 0 Å². The topological polar surface area (TPSA) is 79.0 Å². The Bertz CT molecular complexity index is 953. The van der Waals surface area contributed by atoms with Crippen molar-refractivity contribution < 1.29 is 4.79 Å². The number of hydrogen-bond donors (Lipinski definition) is 1. The van der Waals surface area contributed by atoms with Crippen LogP contribution in [0.15, 0.2) is 53.0 Å². The van der Waals surface area contributed by atoms with E-state index in [0.717, 1.165) is 29.8 Å². The summed E-state index contributed by atoms with van der Waals surface area (Å²) >= 11 is 1.55. The molecule has 0 spiro atoms. The lowest BCUT2D eigenvalue weighted by Crippen LogP contribution is -2.40. The van der Waals surface area contributed by atoms with Gasteiger partial charge in [-0.15, -0.1) is 11.3 Å². The molecule has 132 valence electrons. The maximum Gasteiger partial charge on any atom is 0.261 e. The minimum absolute atomic E-state index is 0.0458. The van der Waals surface area contributed by atoms with E-state index in [9.17, 15) is 9.59 Å². The molecule has 1 aliphatic heterocycles. The van der Waals surface area contributed by atoms with E-state index in [4.69, 9.17) is 0 Å². The Labute approximate surface area is 154 Å². The molecule has 0 bridgehead atoms. The zero-order chi connectivity index (χ0) is 17.9. The number of thiazole rings is 1. The molecule has 4 heterocycles. The molecule has 3 aromatic rings. The molecule has 1 amide bonds. The molecule has 1 aliphatic rings. The first-order valence-electron chi connectivity index (χ1n) is 8.58. The van der Waals surface area contributed by atoms with Crippen molar-refractivity contribution in [3.63, 3.8) is 0 Å². The predicted molar refractivity (Wildman–Crippen MR) is 100 cm³/mol. The third-order valence-corrected chi connectivity index (χ3v) is 5.51. The second-order valence-corrected chi connectivity index (χ2v) is 7.16. The van der Waals surface area contributed by atoms with Crippen LogP contribution in [-0.2, 0) is 0 Å². The number of aromatic amines is 1. The van der Waals surface area contributed by atoms with Crippen LogP contribution in [0.1, 0.15) is 40.7 Å². The third-order valence-electron chi connectivity index (χ3n) is 4.63. The lowest BCUT2D eigenvalue weighted by Gasteiger charge is -2.34. The van der Waals surface area contributed by atoms with Gasteiger partial charge in [-0.2, -0.15) is 0 Å². The number of amides is 1. The summed E-state index contributed by atoms with van der Waals surface area (Å²) in [5.41, 5.74) is 1.33. The molecule has 1 fully saturated rings. The van der Waals surface area contributed by atoms with Gasteiger partial charge in [-0.1, -0.05) is 0 Å². The number of pyridine rings is 2. The summed E-state index contributed by atoms with van der Waals surface area (Å²) in [6.45, 7) is 0.647. The summed E-state index contributed by atoms with van der Waals surface area (Å²) in [6.07, 6.45) is 7.98. The third kappa shape index (κ3) is 3.17. The van der Waals surface area contributed by atoms with E-state index >= 15 is 0 Å². The zero-order valence-corrected chi connectivity index (χ0v) is 14.9. The molecule has 1 atom stereocenters. The van der Waals surface area contributed by atoms with E-state index in [1.807, 2.05) is 17.5 Å². The van der Waals surface area contributed by atoms with E-state index in [-0.39, 0.29) is 23.1 Å². The number of hydrogen-bond acceptors (Lipinski definition) is 5. The molecule has 6 nitrogen and oxygen atoms in total. The van der Waals surface area contributed by atoms with Crippen molar-refractivity contribution in [1.82, 2.24) is 19.9 Å². The molecular formula is C19H18N4O2S. The van der Waals surface area contributed by atoms with Crippen LogP contribution in [0.4, 0.5) is 0 Å². The van der Waals surface area contributed by atoms with Gasteiger partial charge in [-0.25, -0.2) is 4.98 Å². The number of carbonyl (C=O) groups excluding carboxylic acids is 1. The fourth-order valence-corrected chi connectivity index (χ4v) is 4.11. The van der Waals surface area contributed by atoms with Crippen LogP contribution in [-0.4, -0.2) is 32.3 Å². The highest BCUT2D eigenvalue weighted by atomic mass is 32.1. The average molecular weight is 366 g/mol. The summed E-state index contributed by atoms with van der Waals surface area (Å²) < 4.78 is 0. The fourth-order valence-electron chi connectivity index (χ4n) is 3.33. The molecule has 0 aromatic carbocycles. The number of nitrogens with one attached hydrogen (secondary N) is 1. The first-order chi connectivity index (χ1) is 12.7. The van der Waals surface area contributed by atoms with Crippen LogP contribution in [0.5, 0.6) is 0 Å². The van der Waals surface area contributed by atoms with Gasteiger partial charge in [-0.3, -0.25) is 14.6 Å². The molecule has 0 unspecified atom stereocenters. The molecular weight excluding hydrogens is 348 g/mol. The smallest absolute Gasteiger partial charge is 0.261 e. The van der Waals surface area contributed by atoms with Gasteiger partial charge < -0.3 is 9.88 Å². The van der Waals surface area contributed by atoms with Crippen molar-refractivity contribution in [2.45, 2.75) is 25.3 Å². The SMILES string of the molecule is O=C(c1ccc(-c2ccncc2)[nH]c1=O)N1CCCC[C@H]1c1nccs1. The maximum atomic E-state index is 13.0. The van der Waals surface area contributed by atoms with E-state index in [1.54, 1.807) is 47.0 Å². The van der Waals surface area contributed by atoms with Gasteiger partial charge >= 0.3 is 0 Å². The summed E-state index contributed by atoms with van der Waals surface area (Å²) in [6, 6.07) is 6.97. The summed E-state index contributed by atoms with van der Waals surface area (Å²) in [4.78, 5) is 38.6. The van der Waals surface area contributed by atoms with Crippen molar-refractivity contribution in [2.75, 3.05) is 6.54 Å². The van der Waals surface area contributed by atoms with Crippen molar-refractivity contribution >= 4 is 17.2 Å². The second kappa shape index (κ2) is 7.21. The molecule has 0 saturated carbocycles. The van der Waals surface area contributed by atoms with E-state index in [1.165, 1.54) is 0 Å². The molecule has 0 aliphatic carbocycles. The van der Waals surface area contributed by atoms with Crippen LogP contribution >= 0.6 is 11.3 Å². The number of nitrogens with zero attached hydrogens (tertiary/aromatic N) is 3. The molecule has 1 N–H and O–H groups in total. The molecule has 1 saturated heterocycles. The van der Waals surface area contributed by atoms with Crippen molar-refractivity contribution in [3.8, 4) is 11.3 Å². The standard InChI is InChI=1S/C19H18N4O2S/c24-17-14(4-5-15(22-17)13-6-8-20-9-7-13)19(25)23-11-2-1-3-16(23)18-21-10-12-26-18/h4-10,12,16H,1-3,11H2,(H,22,24)/t16-/m0/s1. The summed E-state index contributed by atoms with van der Waals surface area (Å²) in [5.74, 6) is -0.229. The molecule has 0 radical (unpaired) electrons. The number of H-pyrrole nitrogens is 1. The number of piperidine rings is 1. The van der Waals surface area contributed by atoms with Crippen molar-refractivity contribution in [1.29, 1.82) is 0 Å². The van der Waals surface area contributed by atoms with Crippen LogP contribution in [0.2, 0.25) is 0 Å². The molecule has 3 aromatic heterocycles. The van der Waals surface area contributed by atoms with Gasteiger partial charge in [0.2, 0.25) is 0 Å². The Morgan fingerprint density at radius 1 is 1.15 bits per heavy atom. The average Bonchev–Trinajstić information content (AvgIpc) is 3.23. The highest BCUT2D eigenvalue weighted by molar-refractivity contribution is 7.09. The Balaban J connectivity index is 1.64. The van der Waals surface area contributed by atoms with Crippen LogP contribution < -0.4 is 5.56 Å². The monoisotopic (exact) mass is 366 g/mol. The number of aromatic nitrogens is 3. The van der Waals surface area contributed by atoms with Gasteiger partial charge in [0.25, 0.3) is 11.5 Å². The largest absolute Gasteiger partial charge is 0.329 e. The maximum absolute atomic E-state index is 13.0. The Hall–Kier alpha value is -2.80. The number of likely N-dealkylation sites (tertiary alicyclic amines) is 1.